The van der Waals surface area contributed by atoms with Gasteiger partial charge in [-0.05, 0) is 49.2 Å². The minimum Gasteiger partial charge on any atom is -0.494 e. The summed E-state index contributed by atoms with van der Waals surface area (Å²) >= 11 is 31.2. The molecule has 11 heteroatoms. The Morgan fingerprint density at radius 2 is 1.32 bits per heavy atom. The number of aryl methyl sites for hydroxylation is 1. The van der Waals surface area contributed by atoms with E-state index in [2.05, 4.69) is 0 Å². The molecule has 1 fully saturated rings. The molecular formula is C26H17Cl5N2O4. The summed E-state index contributed by atoms with van der Waals surface area (Å²) in [5, 5.41) is -0.243. The van der Waals surface area contributed by atoms with Crippen LogP contribution in [0.15, 0.2) is 42.5 Å². The molecule has 0 aliphatic carbocycles. The van der Waals surface area contributed by atoms with E-state index in [1.54, 1.807) is 42.5 Å². The summed E-state index contributed by atoms with van der Waals surface area (Å²) in [4.78, 5) is 43.2. The van der Waals surface area contributed by atoms with Gasteiger partial charge in [0.15, 0.2) is 0 Å². The molecule has 37 heavy (non-hydrogen) atoms. The van der Waals surface area contributed by atoms with Gasteiger partial charge in [0.05, 0.1) is 43.9 Å². The van der Waals surface area contributed by atoms with Crippen molar-refractivity contribution >= 4 is 81.4 Å². The first-order chi connectivity index (χ1) is 17.6. The Kier molecular flexibility index (Phi) is 6.84. The first kappa shape index (κ1) is 26.1. The highest BCUT2D eigenvalue weighted by Crippen LogP contribution is 2.49. The lowest BCUT2D eigenvalue weighted by Crippen LogP contribution is -2.67. The third-order valence-electron chi connectivity index (χ3n) is 6.44. The number of rotatable bonds is 5. The predicted octanol–water partition coefficient (Wildman–Crippen LogP) is 7.41. The van der Waals surface area contributed by atoms with Crippen LogP contribution in [0.2, 0.25) is 25.1 Å². The molecule has 190 valence electrons. The molecule has 3 aromatic carbocycles. The van der Waals surface area contributed by atoms with Gasteiger partial charge < -0.3 is 9.64 Å². The topological polar surface area (TPSA) is 66.9 Å². The third-order valence-corrected chi connectivity index (χ3v) is 8.48. The molecular weight excluding hydrogens is 582 g/mol. The van der Waals surface area contributed by atoms with Crippen molar-refractivity contribution in [2.75, 3.05) is 11.5 Å². The van der Waals surface area contributed by atoms with Crippen molar-refractivity contribution in [3.63, 3.8) is 0 Å². The van der Waals surface area contributed by atoms with Crippen LogP contribution in [-0.4, -0.2) is 35.3 Å². The van der Waals surface area contributed by atoms with E-state index >= 15 is 0 Å². The molecule has 2 aliphatic rings. The zero-order chi connectivity index (χ0) is 26.8. The molecule has 0 radical (unpaired) electrons. The van der Waals surface area contributed by atoms with Crippen LogP contribution in [0.25, 0.3) is 0 Å². The number of carbonyl (C=O) groups excluding carboxylic acids is 3. The maximum atomic E-state index is 13.7. The maximum absolute atomic E-state index is 13.7. The average molecular weight is 599 g/mol. The Balaban J connectivity index is 1.63. The molecule has 5 rings (SSSR count). The monoisotopic (exact) mass is 596 g/mol. The Hall–Kier alpha value is -2.48. The molecule has 3 aromatic rings. The molecule has 0 bridgehead atoms. The number of ether oxygens (including phenoxy) is 1. The zero-order valence-electron chi connectivity index (χ0n) is 19.3. The molecule has 0 aromatic heterocycles. The van der Waals surface area contributed by atoms with E-state index in [0.717, 1.165) is 10.5 Å². The number of β-lactam (4-membered cyclic amide) rings is 1. The highest BCUT2D eigenvalue weighted by molar-refractivity contribution is 6.55. The van der Waals surface area contributed by atoms with Gasteiger partial charge in [-0.15, -0.1) is 0 Å². The number of nitrogens with zero attached hydrogens (tertiary/aromatic N) is 2. The molecule has 0 saturated carbocycles. The van der Waals surface area contributed by atoms with Gasteiger partial charge in [0.2, 0.25) is 0 Å². The summed E-state index contributed by atoms with van der Waals surface area (Å²) < 4.78 is 5.54. The van der Waals surface area contributed by atoms with Crippen LogP contribution in [0, 0.1) is 6.92 Å². The summed E-state index contributed by atoms with van der Waals surface area (Å²) in [6.07, 6.45) is 0. The lowest BCUT2D eigenvalue weighted by molar-refractivity contribution is -0.130. The van der Waals surface area contributed by atoms with E-state index in [4.69, 9.17) is 62.7 Å². The van der Waals surface area contributed by atoms with E-state index in [-0.39, 0.29) is 31.2 Å². The molecule has 2 heterocycles. The van der Waals surface area contributed by atoms with Gasteiger partial charge in [-0.3, -0.25) is 19.3 Å². The Labute approximate surface area is 237 Å². The van der Waals surface area contributed by atoms with Gasteiger partial charge in [0.1, 0.15) is 11.8 Å². The smallest absolute Gasteiger partial charge is 0.264 e. The summed E-state index contributed by atoms with van der Waals surface area (Å²) in [5.74, 6) is -1.38. The Morgan fingerprint density at radius 1 is 0.757 bits per heavy atom. The van der Waals surface area contributed by atoms with Crippen molar-refractivity contribution in [2.45, 2.75) is 25.9 Å². The lowest BCUT2D eigenvalue weighted by atomic mass is 9.85. The van der Waals surface area contributed by atoms with Crippen molar-refractivity contribution in [3.8, 4) is 5.75 Å². The third kappa shape index (κ3) is 3.98. The maximum Gasteiger partial charge on any atom is 0.264 e. The van der Waals surface area contributed by atoms with E-state index in [1.807, 2.05) is 13.8 Å². The first-order valence-corrected chi connectivity index (χ1v) is 13.0. The number of hydrogen-bond acceptors (Lipinski definition) is 4. The van der Waals surface area contributed by atoms with Gasteiger partial charge in [0.25, 0.3) is 17.7 Å². The number of imide groups is 1. The van der Waals surface area contributed by atoms with Gasteiger partial charge >= 0.3 is 0 Å². The van der Waals surface area contributed by atoms with Crippen molar-refractivity contribution in [3.05, 3.63) is 89.8 Å². The number of carbonyl (C=O) groups is 3. The lowest BCUT2D eigenvalue weighted by Gasteiger charge is -2.50. The average Bonchev–Trinajstić information content (AvgIpc) is 3.13. The number of amides is 3. The minimum absolute atomic E-state index is 0.144. The Morgan fingerprint density at radius 3 is 1.86 bits per heavy atom. The van der Waals surface area contributed by atoms with Gasteiger partial charge in [-0.1, -0.05) is 76.2 Å². The minimum atomic E-state index is -1.17. The molecule has 1 saturated heterocycles. The number of anilines is 1. The van der Waals surface area contributed by atoms with Crippen molar-refractivity contribution in [2.24, 2.45) is 0 Å². The second-order valence-corrected chi connectivity index (χ2v) is 10.5. The molecule has 2 aliphatic heterocycles. The molecule has 2 atom stereocenters. The summed E-state index contributed by atoms with van der Waals surface area (Å²) in [7, 11) is 0. The van der Waals surface area contributed by atoms with Gasteiger partial charge in [-0.2, -0.15) is 0 Å². The molecule has 0 N–H and O–H groups in total. The predicted molar refractivity (Wildman–Crippen MR) is 145 cm³/mol. The summed E-state index contributed by atoms with van der Waals surface area (Å²) in [6.45, 7) is 4.20. The molecule has 2 unspecified atom stereocenters. The van der Waals surface area contributed by atoms with Crippen LogP contribution in [-0.2, 0) is 4.79 Å². The zero-order valence-corrected chi connectivity index (χ0v) is 23.1. The number of fused-ring (bicyclic) bond motifs is 1. The highest BCUT2D eigenvalue weighted by Gasteiger charge is 2.58. The molecule has 0 spiro atoms. The SMILES string of the molecule is CCOc1ccc(C2C(N3C(=O)c4c(Cl)c(Cl)c(Cl)c(Cl)c4C3=O)C(=O)N2c2cc(Cl)ccc2C)cc1. The van der Waals surface area contributed by atoms with Gasteiger partial charge in [-0.25, -0.2) is 0 Å². The van der Waals surface area contributed by atoms with E-state index in [1.165, 1.54) is 4.90 Å². The second kappa shape index (κ2) is 9.68. The fourth-order valence-electron chi connectivity index (χ4n) is 4.71. The summed E-state index contributed by atoms with van der Waals surface area (Å²) in [6, 6.07) is 10.4. The van der Waals surface area contributed by atoms with Crippen LogP contribution in [0.3, 0.4) is 0 Å². The van der Waals surface area contributed by atoms with Crippen LogP contribution < -0.4 is 9.64 Å². The van der Waals surface area contributed by atoms with Gasteiger partial charge in [0, 0.05) is 10.7 Å². The van der Waals surface area contributed by atoms with Crippen molar-refractivity contribution in [1.29, 1.82) is 0 Å². The first-order valence-electron chi connectivity index (χ1n) is 11.1. The quantitative estimate of drug-likeness (QED) is 0.133. The second-order valence-electron chi connectivity index (χ2n) is 8.52. The number of benzene rings is 3. The largest absolute Gasteiger partial charge is 0.494 e. The van der Waals surface area contributed by atoms with E-state index in [0.29, 0.717) is 28.6 Å². The fraction of sp³-hybridized carbons (Fsp3) is 0.192. The van der Waals surface area contributed by atoms with Crippen molar-refractivity contribution < 1.29 is 19.1 Å². The number of hydrogen-bond donors (Lipinski definition) is 0. The van der Waals surface area contributed by atoms with Crippen LogP contribution in [0.1, 0.15) is 44.8 Å². The Bertz CT molecular complexity index is 1440. The van der Waals surface area contributed by atoms with Crippen LogP contribution >= 0.6 is 58.0 Å². The standard InChI is InChI=1S/C26H17Cl5N2O4/c1-3-37-14-8-5-12(6-9-14)22-23(26(36)32(22)15-10-13(27)7-4-11(15)2)33-24(34)16-17(25(33)35)19(29)21(31)20(30)18(16)28/h4-10,22-23H,3H2,1-2H3. The molecule has 6 nitrogen and oxygen atoms in total. The molecule has 3 amide bonds. The highest BCUT2D eigenvalue weighted by atomic mass is 35.5. The van der Waals surface area contributed by atoms with Crippen molar-refractivity contribution in [1.82, 2.24) is 4.90 Å². The van der Waals surface area contributed by atoms with Crippen LogP contribution in [0.5, 0.6) is 5.75 Å². The summed E-state index contributed by atoms with van der Waals surface area (Å²) in [5.41, 5.74) is 1.67. The number of halogens is 5. The fourth-order valence-corrected chi connectivity index (χ4v) is 5.90. The van der Waals surface area contributed by atoms with E-state index in [9.17, 15) is 14.4 Å². The van der Waals surface area contributed by atoms with Crippen LogP contribution in [0.4, 0.5) is 5.69 Å². The normalized spacial score (nSPS) is 18.8. The van der Waals surface area contributed by atoms with E-state index < -0.39 is 29.8 Å².